The third-order valence-electron chi connectivity index (χ3n) is 4.02. The SMILES string of the molecule is Cc1ccc(S(=O)(=O)Nc2ccc3nc(-c4ccncc4)[nH]c3c2)cc1. The van der Waals surface area contributed by atoms with Crippen molar-refractivity contribution >= 4 is 26.7 Å². The van der Waals surface area contributed by atoms with Gasteiger partial charge in [0.15, 0.2) is 0 Å². The van der Waals surface area contributed by atoms with Crippen LogP contribution in [0.1, 0.15) is 5.56 Å². The number of hydrogen-bond donors (Lipinski definition) is 2. The largest absolute Gasteiger partial charge is 0.338 e. The van der Waals surface area contributed by atoms with Gasteiger partial charge in [-0.25, -0.2) is 13.4 Å². The molecule has 4 rings (SSSR count). The van der Waals surface area contributed by atoms with Crippen LogP contribution in [0.3, 0.4) is 0 Å². The van der Waals surface area contributed by atoms with Crippen LogP contribution in [-0.2, 0) is 10.0 Å². The van der Waals surface area contributed by atoms with E-state index >= 15 is 0 Å². The number of nitrogens with one attached hydrogen (secondary N) is 2. The minimum atomic E-state index is -3.64. The highest BCUT2D eigenvalue weighted by molar-refractivity contribution is 7.92. The lowest BCUT2D eigenvalue weighted by molar-refractivity contribution is 0.601. The summed E-state index contributed by atoms with van der Waals surface area (Å²) in [5, 5.41) is 0. The fourth-order valence-electron chi connectivity index (χ4n) is 2.65. The first-order chi connectivity index (χ1) is 12.5. The van der Waals surface area contributed by atoms with E-state index in [-0.39, 0.29) is 4.90 Å². The monoisotopic (exact) mass is 364 g/mol. The maximum atomic E-state index is 12.5. The zero-order valence-electron chi connectivity index (χ0n) is 14.0. The summed E-state index contributed by atoms with van der Waals surface area (Å²) >= 11 is 0. The Balaban J connectivity index is 1.66. The number of aromatic nitrogens is 3. The van der Waals surface area contributed by atoms with Gasteiger partial charge in [0.2, 0.25) is 0 Å². The van der Waals surface area contributed by atoms with Crippen LogP contribution in [0.5, 0.6) is 0 Å². The van der Waals surface area contributed by atoms with Crippen LogP contribution in [0.25, 0.3) is 22.4 Å². The molecule has 2 aromatic heterocycles. The van der Waals surface area contributed by atoms with Crippen LogP contribution >= 0.6 is 0 Å². The molecule has 0 bridgehead atoms. The van der Waals surface area contributed by atoms with Gasteiger partial charge in [0, 0.05) is 18.0 Å². The molecule has 0 unspecified atom stereocenters. The molecule has 0 atom stereocenters. The highest BCUT2D eigenvalue weighted by Crippen LogP contribution is 2.24. The van der Waals surface area contributed by atoms with E-state index in [1.165, 1.54) is 0 Å². The van der Waals surface area contributed by atoms with Gasteiger partial charge in [-0.1, -0.05) is 17.7 Å². The lowest BCUT2D eigenvalue weighted by Crippen LogP contribution is -2.12. The second-order valence-corrected chi connectivity index (χ2v) is 7.65. The molecule has 0 radical (unpaired) electrons. The van der Waals surface area contributed by atoms with Gasteiger partial charge < -0.3 is 4.98 Å². The number of hydrogen-bond acceptors (Lipinski definition) is 4. The maximum Gasteiger partial charge on any atom is 0.261 e. The standard InChI is InChI=1S/C19H16N4O2S/c1-13-2-5-16(6-3-13)26(24,25)23-15-4-7-17-18(12-15)22-19(21-17)14-8-10-20-11-9-14/h2-12,23H,1H3,(H,21,22). The van der Waals surface area contributed by atoms with E-state index in [0.717, 1.165) is 22.2 Å². The molecule has 7 heteroatoms. The van der Waals surface area contributed by atoms with Crippen molar-refractivity contribution in [2.75, 3.05) is 4.72 Å². The second kappa shape index (κ2) is 6.27. The number of nitrogens with zero attached hydrogens (tertiary/aromatic N) is 2. The van der Waals surface area contributed by atoms with Gasteiger partial charge in [0.05, 0.1) is 21.6 Å². The Labute approximate surface area is 151 Å². The molecule has 0 saturated heterocycles. The number of rotatable bonds is 4. The Kier molecular flexibility index (Phi) is 3.93. The van der Waals surface area contributed by atoms with Crippen molar-refractivity contribution in [1.82, 2.24) is 15.0 Å². The van der Waals surface area contributed by atoms with Gasteiger partial charge in [0.25, 0.3) is 10.0 Å². The van der Waals surface area contributed by atoms with Crippen LogP contribution < -0.4 is 4.72 Å². The van der Waals surface area contributed by atoms with E-state index in [9.17, 15) is 8.42 Å². The van der Waals surface area contributed by atoms with Crippen molar-refractivity contribution in [3.05, 3.63) is 72.6 Å². The highest BCUT2D eigenvalue weighted by Gasteiger charge is 2.14. The van der Waals surface area contributed by atoms with Gasteiger partial charge >= 0.3 is 0 Å². The number of aryl methyl sites for hydroxylation is 1. The van der Waals surface area contributed by atoms with E-state index in [2.05, 4.69) is 19.7 Å². The maximum absolute atomic E-state index is 12.5. The molecule has 0 spiro atoms. The molecule has 2 heterocycles. The summed E-state index contributed by atoms with van der Waals surface area (Å²) < 4.78 is 27.7. The summed E-state index contributed by atoms with van der Waals surface area (Å²) in [7, 11) is -3.64. The van der Waals surface area contributed by atoms with Crippen molar-refractivity contribution in [3.8, 4) is 11.4 Å². The molecule has 0 aliphatic rings. The first-order valence-corrected chi connectivity index (χ1v) is 9.49. The highest BCUT2D eigenvalue weighted by atomic mass is 32.2. The average Bonchev–Trinajstić information content (AvgIpc) is 3.06. The number of fused-ring (bicyclic) bond motifs is 1. The molecule has 0 saturated carbocycles. The normalized spacial score (nSPS) is 11.6. The minimum Gasteiger partial charge on any atom is -0.338 e. The predicted molar refractivity (Wildman–Crippen MR) is 101 cm³/mol. The third-order valence-corrected chi connectivity index (χ3v) is 5.42. The number of anilines is 1. The summed E-state index contributed by atoms with van der Waals surface area (Å²) in [5.41, 5.74) is 3.91. The Morgan fingerprint density at radius 3 is 2.42 bits per heavy atom. The molecule has 6 nitrogen and oxygen atoms in total. The molecule has 0 amide bonds. The Morgan fingerprint density at radius 2 is 1.69 bits per heavy atom. The summed E-state index contributed by atoms with van der Waals surface area (Å²) in [6, 6.07) is 15.7. The predicted octanol–water partition coefficient (Wildman–Crippen LogP) is 3.73. The quantitative estimate of drug-likeness (QED) is 0.577. The van der Waals surface area contributed by atoms with Gasteiger partial charge in [-0.05, 0) is 49.4 Å². The summed E-state index contributed by atoms with van der Waals surface area (Å²) in [5.74, 6) is 0.709. The molecule has 0 aliphatic heterocycles. The van der Waals surface area contributed by atoms with E-state index in [0.29, 0.717) is 11.5 Å². The van der Waals surface area contributed by atoms with Gasteiger partial charge in [-0.3, -0.25) is 9.71 Å². The Hall–Kier alpha value is -3.19. The van der Waals surface area contributed by atoms with E-state index in [4.69, 9.17) is 0 Å². The zero-order valence-corrected chi connectivity index (χ0v) is 14.8. The number of pyridine rings is 1. The molecule has 0 fully saturated rings. The number of H-pyrrole nitrogens is 1. The van der Waals surface area contributed by atoms with Crippen molar-refractivity contribution < 1.29 is 8.42 Å². The number of sulfonamides is 1. The molecule has 26 heavy (non-hydrogen) atoms. The minimum absolute atomic E-state index is 0.227. The van der Waals surface area contributed by atoms with Crippen LogP contribution in [-0.4, -0.2) is 23.4 Å². The summed E-state index contributed by atoms with van der Waals surface area (Å²) in [4.78, 5) is 12.0. The van der Waals surface area contributed by atoms with Gasteiger partial charge in [-0.15, -0.1) is 0 Å². The van der Waals surface area contributed by atoms with Crippen molar-refractivity contribution in [2.45, 2.75) is 11.8 Å². The van der Waals surface area contributed by atoms with Crippen molar-refractivity contribution in [3.63, 3.8) is 0 Å². The number of aromatic amines is 1. The van der Waals surface area contributed by atoms with E-state index in [1.54, 1.807) is 54.9 Å². The topological polar surface area (TPSA) is 87.7 Å². The Morgan fingerprint density at radius 1 is 0.962 bits per heavy atom. The van der Waals surface area contributed by atoms with Gasteiger partial charge in [0.1, 0.15) is 5.82 Å². The van der Waals surface area contributed by atoms with E-state index in [1.807, 2.05) is 19.1 Å². The molecule has 2 N–H and O–H groups in total. The zero-order chi connectivity index (χ0) is 18.1. The lowest BCUT2D eigenvalue weighted by atomic mass is 10.2. The molecule has 130 valence electrons. The third kappa shape index (κ3) is 3.16. The molecule has 4 aromatic rings. The first kappa shape index (κ1) is 16.3. The first-order valence-electron chi connectivity index (χ1n) is 8.01. The average molecular weight is 364 g/mol. The van der Waals surface area contributed by atoms with Gasteiger partial charge in [-0.2, -0.15) is 0 Å². The smallest absolute Gasteiger partial charge is 0.261 e. The molecule has 0 aliphatic carbocycles. The fourth-order valence-corrected chi connectivity index (χ4v) is 3.70. The number of benzene rings is 2. The van der Waals surface area contributed by atoms with Crippen LogP contribution in [0.2, 0.25) is 0 Å². The van der Waals surface area contributed by atoms with Crippen LogP contribution in [0.4, 0.5) is 5.69 Å². The van der Waals surface area contributed by atoms with Crippen molar-refractivity contribution in [2.24, 2.45) is 0 Å². The second-order valence-electron chi connectivity index (χ2n) is 5.97. The lowest BCUT2D eigenvalue weighted by Gasteiger charge is -2.08. The Bertz CT molecular complexity index is 1170. The van der Waals surface area contributed by atoms with Crippen LogP contribution in [0, 0.1) is 6.92 Å². The van der Waals surface area contributed by atoms with Crippen LogP contribution in [0.15, 0.2) is 71.9 Å². The van der Waals surface area contributed by atoms with E-state index < -0.39 is 10.0 Å². The number of imidazole rings is 1. The molecular formula is C19H16N4O2S. The molecule has 2 aromatic carbocycles. The molecular weight excluding hydrogens is 348 g/mol. The fraction of sp³-hybridized carbons (Fsp3) is 0.0526. The summed E-state index contributed by atoms with van der Waals surface area (Å²) in [6.07, 6.45) is 3.40. The summed E-state index contributed by atoms with van der Waals surface area (Å²) in [6.45, 7) is 1.91. The van der Waals surface area contributed by atoms with Crippen molar-refractivity contribution in [1.29, 1.82) is 0 Å².